The van der Waals surface area contributed by atoms with Crippen molar-refractivity contribution in [2.75, 3.05) is 13.1 Å². The molecule has 1 saturated carbocycles. The van der Waals surface area contributed by atoms with Gasteiger partial charge in [-0.05, 0) is 36.5 Å². The molecule has 2 rings (SSSR count). The predicted molar refractivity (Wildman–Crippen MR) is 91.3 cm³/mol. The summed E-state index contributed by atoms with van der Waals surface area (Å²) in [5.41, 5.74) is -0.387. The van der Waals surface area contributed by atoms with Crippen molar-refractivity contribution in [1.29, 1.82) is 0 Å². The quantitative estimate of drug-likeness (QED) is 0.644. The minimum absolute atomic E-state index is 0.0101. The van der Waals surface area contributed by atoms with Crippen molar-refractivity contribution in [3.63, 3.8) is 0 Å². The van der Waals surface area contributed by atoms with Crippen molar-refractivity contribution in [3.05, 3.63) is 35.4 Å². The van der Waals surface area contributed by atoms with E-state index in [9.17, 15) is 22.8 Å². The fourth-order valence-electron chi connectivity index (χ4n) is 3.03. The van der Waals surface area contributed by atoms with Crippen molar-refractivity contribution >= 4 is 11.9 Å². The fraction of sp³-hybridized carbons (Fsp3) is 0.556. The molecule has 1 aliphatic rings. The Balaban J connectivity index is 1.61. The number of carbonyl (C=O) groups excluding carboxylic acids is 2. The minimum Gasteiger partial charge on any atom is -0.354 e. The molecule has 0 heterocycles. The van der Waals surface area contributed by atoms with Crippen LogP contribution in [0.15, 0.2) is 24.3 Å². The third-order valence-corrected chi connectivity index (χ3v) is 4.39. The monoisotopic (exact) mass is 371 g/mol. The van der Waals surface area contributed by atoms with Crippen molar-refractivity contribution in [2.45, 2.75) is 44.8 Å². The second-order valence-electron chi connectivity index (χ2n) is 6.51. The van der Waals surface area contributed by atoms with Crippen LogP contribution in [0.4, 0.5) is 18.0 Å². The number of nitrogens with one attached hydrogen (secondary N) is 3. The molecule has 1 fully saturated rings. The zero-order valence-corrected chi connectivity index (χ0v) is 14.5. The molecule has 0 radical (unpaired) electrons. The number of hydrogen-bond donors (Lipinski definition) is 3. The van der Waals surface area contributed by atoms with Crippen molar-refractivity contribution in [2.24, 2.45) is 5.92 Å². The summed E-state index contributed by atoms with van der Waals surface area (Å²) in [5.74, 6) is 0.460. The molecule has 0 aliphatic heterocycles. The Morgan fingerprint density at radius 1 is 1.04 bits per heavy atom. The van der Waals surface area contributed by atoms with Crippen LogP contribution in [-0.2, 0) is 17.5 Å². The van der Waals surface area contributed by atoms with E-state index in [1.165, 1.54) is 25.0 Å². The molecule has 0 saturated heterocycles. The Bertz CT molecular complexity index is 614. The average Bonchev–Trinajstić information content (AvgIpc) is 3.09. The van der Waals surface area contributed by atoms with E-state index in [1.807, 2.05) is 0 Å². The third-order valence-electron chi connectivity index (χ3n) is 4.39. The maximum absolute atomic E-state index is 12.6. The Kier molecular flexibility index (Phi) is 7.29. The summed E-state index contributed by atoms with van der Waals surface area (Å²) in [4.78, 5) is 23.4. The van der Waals surface area contributed by atoms with Crippen LogP contribution >= 0.6 is 0 Å². The van der Waals surface area contributed by atoms with Gasteiger partial charge >= 0.3 is 12.2 Å². The van der Waals surface area contributed by atoms with Gasteiger partial charge in [0.15, 0.2) is 0 Å². The molecule has 0 bridgehead atoms. The Labute approximate surface area is 150 Å². The SMILES string of the molecule is O=C(CC1CCCC1)NCCNC(=O)NCc1cccc(C(F)(F)F)c1. The molecule has 1 aromatic carbocycles. The molecule has 1 aromatic rings. The van der Waals surface area contributed by atoms with E-state index in [0.29, 0.717) is 24.4 Å². The van der Waals surface area contributed by atoms with Crippen LogP contribution in [-0.4, -0.2) is 25.0 Å². The number of hydrogen-bond acceptors (Lipinski definition) is 2. The normalized spacial score (nSPS) is 14.9. The molecule has 0 aromatic heterocycles. The predicted octanol–water partition coefficient (Wildman–Crippen LogP) is 3.20. The van der Waals surface area contributed by atoms with Crippen LogP contribution in [0.1, 0.15) is 43.2 Å². The van der Waals surface area contributed by atoms with Crippen LogP contribution in [0.3, 0.4) is 0 Å². The summed E-state index contributed by atoms with van der Waals surface area (Å²) in [6.07, 6.45) is 0.695. The van der Waals surface area contributed by atoms with E-state index in [-0.39, 0.29) is 19.0 Å². The van der Waals surface area contributed by atoms with Crippen molar-refractivity contribution < 1.29 is 22.8 Å². The molecule has 0 unspecified atom stereocenters. The number of benzene rings is 1. The summed E-state index contributed by atoms with van der Waals surface area (Å²) >= 11 is 0. The van der Waals surface area contributed by atoms with Gasteiger partial charge in [0.25, 0.3) is 0 Å². The van der Waals surface area contributed by atoms with Crippen LogP contribution in [0.5, 0.6) is 0 Å². The van der Waals surface area contributed by atoms with E-state index in [4.69, 9.17) is 0 Å². The molecule has 0 spiro atoms. The molecule has 26 heavy (non-hydrogen) atoms. The smallest absolute Gasteiger partial charge is 0.354 e. The van der Waals surface area contributed by atoms with Crippen LogP contribution in [0.25, 0.3) is 0 Å². The first-order valence-corrected chi connectivity index (χ1v) is 8.79. The maximum atomic E-state index is 12.6. The highest BCUT2D eigenvalue weighted by atomic mass is 19.4. The lowest BCUT2D eigenvalue weighted by Crippen LogP contribution is -2.40. The first kappa shape index (κ1) is 20.1. The number of halogens is 3. The summed E-state index contributed by atoms with van der Waals surface area (Å²) in [5, 5.41) is 7.81. The highest BCUT2D eigenvalue weighted by Crippen LogP contribution is 2.29. The molecular weight excluding hydrogens is 347 g/mol. The second kappa shape index (κ2) is 9.45. The van der Waals surface area contributed by atoms with Gasteiger partial charge in [-0.2, -0.15) is 13.2 Å². The van der Waals surface area contributed by atoms with E-state index in [1.54, 1.807) is 0 Å². The summed E-state index contributed by atoms with van der Waals surface area (Å²) in [6, 6.07) is 4.31. The molecule has 3 amide bonds. The van der Waals surface area contributed by atoms with Crippen LogP contribution < -0.4 is 16.0 Å². The number of alkyl halides is 3. The number of rotatable bonds is 7. The largest absolute Gasteiger partial charge is 0.416 e. The van der Waals surface area contributed by atoms with Gasteiger partial charge in [-0.15, -0.1) is 0 Å². The van der Waals surface area contributed by atoms with Gasteiger partial charge in [0, 0.05) is 26.1 Å². The maximum Gasteiger partial charge on any atom is 0.416 e. The van der Waals surface area contributed by atoms with Crippen molar-refractivity contribution in [1.82, 2.24) is 16.0 Å². The van der Waals surface area contributed by atoms with E-state index in [0.717, 1.165) is 25.0 Å². The Morgan fingerprint density at radius 3 is 2.42 bits per heavy atom. The van der Waals surface area contributed by atoms with Gasteiger partial charge in [0.2, 0.25) is 5.91 Å². The first-order valence-electron chi connectivity index (χ1n) is 8.79. The topological polar surface area (TPSA) is 70.2 Å². The average molecular weight is 371 g/mol. The third kappa shape index (κ3) is 6.93. The summed E-state index contributed by atoms with van der Waals surface area (Å²) in [6.45, 7) is 0.567. The van der Waals surface area contributed by atoms with Gasteiger partial charge < -0.3 is 16.0 Å². The van der Waals surface area contributed by atoms with Gasteiger partial charge in [0.1, 0.15) is 0 Å². The zero-order chi connectivity index (χ0) is 19.0. The van der Waals surface area contributed by atoms with Gasteiger partial charge in [0.05, 0.1) is 5.56 Å². The highest BCUT2D eigenvalue weighted by molar-refractivity contribution is 5.76. The van der Waals surface area contributed by atoms with Gasteiger partial charge in [-0.25, -0.2) is 4.79 Å². The fourth-order valence-corrected chi connectivity index (χ4v) is 3.03. The van der Waals surface area contributed by atoms with E-state index < -0.39 is 17.8 Å². The molecule has 1 aliphatic carbocycles. The van der Waals surface area contributed by atoms with Gasteiger partial charge in [-0.3, -0.25) is 4.79 Å². The molecule has 144 valence electrons. The zero-order valence-electron chi connectivity index (χ0n) is 14.5. The second-order valence-corrected chi connectivity index (χ2v) is 6.51. The number of urea groups is 1. The van der Waals surface area contributed by atoms with E-state index >= 15 is 0 Å². The highest BCUT2D eigenvalue weighted by Gasteiger charge is 2.30. The summed E-state index contributed by atoms with van der Waals surface area (Å²) in [7, 11) is 0. The van der Waals surface area contributed by atoms with Crippen molar-refractivity contribution in [3.8, 4) is 0 Å². The lowest BCUT2D eigenvalue weighted by Gasteiger charge is -2.11. The van der Waals surface area contributed by atoms with Crippen LogP contribution in [0, 0.1) is 5.92 Å². The molecular formula is C18H24F3N3O2. The minimum atomic E-state index is -4.41. The Hall–Kier alpha value is -2.25. The molecule has 5 nitrogen and oxygen atoms in total. The molecule has 8 heteroatoms. The van der Waals surface area contributed by atoms with Gasteiger partial charge in [-0.1, -0.05) is 25.0 Å². The first-order chi connectivity index (χ1) is 12.3. The number of carbonyl (C=O) groups is 2. The number of amides is 3. The standard InChI is InChI=1S/C18H24F3N3O2/c19-18(20,21)15-7-3-6-14(10-15)12-24-17(26)23-9-8-22-16(25)11-13-4-1-2-5-13/h3,6-7,10,13H,1-2,4-5,8-9,11-12H2,(H,22,25)(H2,23,24,26). The van der Waals surface area contributed by atoms with E-state index in [2.05, 4.69) is 16.0 Å². The van der Waals surface area contributed by atoms with Crippen LogP contribution in [0.2, 0.25) is 0 Å². The lowest BCUT2D eigenvalue weighted by molar-refractivity contribution is -0.137. The Morgan fingerprint density at radius 2 is 1.73 bits per heavy atom. The molecule has 3 N–H and O–H groups in total. The lowest BCUT2D eigenvalue weighted by atomic mass is 10.0. The molecule has 0 atom stereocenters. The summed E-state index contributed by atoms with van der Waals surface area (Å²) < 4.78 is 37.9.